The number of thiophene rings is 1. The van der Waals surface area contributed by atoms with Crippen LogP contribution in [0.5, 0.6) is 5.75 Å². The van der Waals surface area contributed by atoms with Gasteiger partial charge in [0.05, 0.1) is 26.5 Å². The van der Waals surface area contributed by atoms with Crippen molar-refractivity contribution < 1.29 is 17.9 Å². The molecule has 0 spiro atoms. The normalized spacial score (nSPS) is 11.5. The zero-order valence-corrected chi connectivity index (χ0v) is 15.4. The van der Waals surface area contributed by atoms with E-state index >= 15 is 0 Å². The van der Waals surface area contributed by atoms with Crippen LogP contribution in [0.1, 0.15) is 4.88 Å². The van der Waals surface area contributed by atoms with Crippen LogP contribution < -0.4 is 9.64 Å². The van der Waals surface area contributed by atoms with Gasteiger partial charge in [-0.25, -0.2) is 8.42 Å². The lowest BCUT2D eigenvalue weighted by molar-refractivity contribution is -0.118. The Kier molecular flexibility index (Phi) is 5.98. The lowest BCUT2D eigenvalue weighted by Gasteiger charge is -2.24. The molecule has 8 heteroatoms. The van der Waals surface area contributed by atoms with Gasteiger partial charge in [-0.3, -0.25) is 4.79 Å². The summed E-state index contributed by atoms with van der Waals surface area (Å²) < 4.78 is 29.3. The number of carbonyl (C=O) groups is 1. The van der Waals surface area contributed by atoms with Gasteiger partial charge in [0, 0.05) is 17.6 Å². The molecule has 0 unspecified atom stereocenters. The summed E-state index contributed by atoms with van der Waals surface area (Å²) in [7, 11) is -0.450. The van der Waals surface area contributed by atoms with Crippen molar-refractivity contribution in [3.63, 3.8) is 0 Å². The summed E-state index contributed by atoms with van der Waals surface area (Å²) in [5.41, 5.74) is 0.691. The number of ether oxygens (including phenoxy) is 1. The average molecular weight is 368 g/mol. The zero-order chi connectivity index (χ0) is 17.7. The number of hydrogen-bond acceptors (Lipinski definition) is 5. The van der Waals surface area contributed by atoms with Crippen LogP contribution >= 0.6 is 11.3 Å². The Morgan fingerprint density at radius 1 is 1.21 bits per heavy atom. The maximum atomic E-state index is 12.7. The van der Waals surface area contributed by atoms with Crippen molar-refractivity contribution in [2.24, 2.45) is 0 Å². The first kappa shape index (κ1) is 18.4. The molecule has 0 N–H and O–H groups in total. The van der Waals surface area contributed by atoms with Gasteiger partial charge in [-0.05, 0) is 35.7 Å². The van der Waals surface area contributed by atoms with Gasteiger partial charge in [0.1, 0.15) is 5.75 Å². The fourth-order valence-corrected chi connectivity index (χ4v) is 3.07. The minimum Gasteiger partial charge on any atom is -0.497 e. The first-order valence-electron chi connectivity index (χ1n) is 7.19. The molecule has 0 atom stereocenters. The molecule has 0 bridgehead atoms. The SMILES string of the molecule is COc1ccc(N(Cc2cccs2)C(=O)CN(C)S(C)(=O)=O)cc1. The van der Waals surface area contributed by atoms with Gasteiger partial charge < -0.3 is 9.64 Å². The molecule has 0 aliphatic rings. The number of hydrogen-bond donors (Lipinski definition) is 0. The third-order valence-corrected chi connectivity index (χ3v) is 5.63. The summed E-state index contributed by atoms with van der Waals surface area (Å²) in [4.78, 5) is 15.3. The third kappa shape index (κ3) is 4.80. The first-order valence-corrected chi connectivity index (χ1v) is 9.92. The van der Waals surface area contributed by atoms with Crippen LogP contribution in [0.2, 0.25) is 0 Å². The number of benzene rings is 1. The quantitative estimate of drug-likeness (QED) is 0.751. The van der Waals surface area contributed by atoms with Gasteiger partial charge in [-0.15, -0.1) is 11.3 Å². The second-order valence-corrected chi connectivity index (χ2v) is 8.40. The van der Waals surface area contributed by atoms with Crippen molar-refractivity contribution in [2.45, 2.75) is 6.54 Å². The Morgan fingerprint density at radius 2 is 1.88 bits per heavy atom. The highest BCUT2D eigenvalue weighted by atomic mass is 32.2. The zero-order valence-electron chi connectivity index (χ0n) is 13.8. The fourth-order valence-electron chi connectivity index (χ4n) is 2.04. The summed E-state index contributed by atoms with van der Waals surface area (Å²) in [6, 6.07) is 11.0. The Labute approximate surface area is 146 Å². The lowest BCUT2D eigenvalue weighted by atomic mass is 10.2. The van der Waals surface area contributed by atoms with Crippen LogP contribution in [0, 0.1) is 0 Å². The van der Waals surface area contributed by atoms with E-state index in [1.165, 1.54) is 7.05 Å². The Hall–Kier alpha value is -1.90. The van der Waals surface area contributed by atoms with Gasteiger partial charge in [0.15, 0.2) is 0 Å². The number of nitrogens with zero attached hydrogens (tertiary/aromatic N) is 2. The molecule has 2 aromatic rings. The van der Waals surface area contributed by atoms with Crippen molar-refractivity contribution in [2.75, 3.05) is 31.9 Å². The van der Waals surface area contributed by atoms with Crippen molar-refractivity contribution in [3.05, 3.63) is 46.7 Å². The summed E-state index contributed by atoms with van der Waals surface area (Å²) in [6.07, 6.45) is 1.08. The van der Waals surface area contributed by atoms with Crippen molar-refractivity contribution in [1.82, 2.24) is 4.31 Å². The van der Waals surface area contributed by atoms with Crippen molar-refractivity contribution in [1.29, 1.82) is 0 Å². The van der Waals surface area contributed by atoms with Gasteiger partial charge in [-0.2, -0.15) is 4.31 Å². The van der Waals surface area contributed by atoms with E-state index in [-0.39, 0.29) is 12.5 Å². The highest BCUT2D eigenvalue weighted by Crippen LogP contribution is 2.23. The molecule has 2 rings (SSSR count). The summed E-state index contributed by atoms with van der Waals surface area (Å²) >= 11 is 1.54. The maximum absolute atomic E-state index is 12.7. The number of amides is 1. The van der Waals surface area contributed by atoms with Gasteiger partial charge in [-0.1, -0.05) is 6.07 Å². The number of likely N-dealkylation sites (N-methyl/N-ethyl adjacent to an activating group) is 1. The lowest BCUT2D eigenvalue weighted by Crippen LogP contribution is -2.40. The van der Waals surface area contributed by atoms with Crippen LogP contribution in [-0.2, 0) is 21.4 Å². The number of anilines is 1. The van der Waals surface area contributed by atoms with Gasteiger partial charge >= 0.3 is 0 Å². The van der Waals surface area contributed by atoms with Crippen LogP contribution in [-0.4, -0.2) is 45.6 Å². The van der Waals surface area contributed by atoms with E-state index in [0.29, 0.717) is 18.0 Å². The van der Waals surface area contributed by atoms with Crippen LogP contribution in [0.25, 0.3) is 0 Å². The van der Waals surface area contributed by atoms with E-state index in [2.05, 4.69) is 0 Å². The van der Waals surface area contributed by atoms with Crippen LogP contribution in [0.4, 0.5) is 5.69 Å². The summed E-state index contributed by atoms with van der Waals surface area (Å²) in [5, 5.41) is 1.94. The Morgan fingerprint density at radius 3 is 2.38 bits per heavy atom. The number of carbonyl (C=O) groups excluding carboxylic acids is 1. The topological polar surface area (TPSA) is 66.9 Å². The maximum Gasteiger partial charge on any atom is 0.242 e. The molecule has 1 heterocycles. The third-order valence-electron chi connectivity index (χ3n) is 3.50. The summed E-state index contributed by atoms with van der Waals surface area (Å²) in [6.45, 7) is 0.177. The Balaban J connectivity index is 2.26. The minimum absolute atomic E-state index is 0.212. The number of methoxy groups -OCH3 is 1. The van der Waals surface area contributed by atoms with Crippen molar-refractivity contribution in [3.8, 4) is 5.75 Å². The van der Waals surface area contributed by atoms with E-state index in [9.17, 15) is 13.2 Å². The molecule has 1 amide bonds. The molecule has 1 aromatic heterocycles. The molecule has 0 saturated heterocycles. The second-order valence-electron chi connectivity index (χ2n) is 5.28. The molecule has 0 aliphatic carbocycles. The fraction of sp³-hybridized carbons (Fsp3) is 0.312. The first-order chi connectivity index (χ1) is 11.3. The largest absolute Gasteiger partial charge is 0.497 e. The van der Waals surface area contributed by atoms with Gasteiger partial charge in [0.25, 0.3) is 0 Å². The molecule has 0 aliphatic heterocycles. The predicted octanol–water partition coefficient (Wildman–Crippen LogP) is 2.18. The van der Waals surface area contributed by atoms with E-state index in [4.69, 9.17) is 4.74 Å². The molecular weight excluding hydrogens is 348 g/mol. The molecule has 130 valence electrons. The standard InChI is InChI=1S/C16H20N2O4S2/c1-17(24(3,20)21)12-16(19)18(11-15-5-4-10-23-15)13-6-8-14(22-2)9-7-13/h4-10H,11-12H2,1-3H3. The highest BCUT2D eigenvalue weighted by molar-refractivity contribution is 7.88. The smallest absolute Gasteiger partial charge is 0.242 e. The highest BCUT2D eigenvalue weighted by Gasteiger charge is 2.22. The van der Waals surface area contributed by atoms with E-state index in [0.717, 1.165) is 15.4 Å². The van der Waals surface area contributed by atoms with E-state index in [1.54, 1.807) is 47.6 Å². The molecular formula is C16H20N2O4S2. The van der Waals surface area contributed by atoms with Gasteiger partial charge in [0.2, 0.25) is 15.9 Å². The average Bonchev–Trinajstić information content (AvgIpc) is 3.05. The molecule has 1 aromatic carbocycles. The number of sulfonamides is 1. The summed E-state index contributed by atoms with van der Waals surface area (Å²) in [5.74, 6) is 0.400. The van der Waals surface area contributed by atoms with Crippen LogP contribution in [0.15, 0.2) is 41.8 Å². The molecule has 0 saturated carbocycles. The van der Waals surface area contributed by atoms with E-state index < -0.39 is 10.0 Å². The monoisotopic (exact) mass is 368 g/mol. The molecule has 0 radical (unpaired) electrons. The predicted molar refractivity (Wildman–Crippen MR) is 96.0 cm³/mol. The second kappa shape index (κ2) is 7.78. The molecule has 0 fully saturated rings. The molecule has 6 nitrogen and oxygen atoms in total. The Bertz CT molecular complexity index is 771. The number of rotatable bonds is 7. The van der Waals surface area contributed by atoms with Crippen LogP contribution in [0.3, 0.4) is 0 Å². The van der Waals surface area contributed by atoms with E-state index in [1.807, 2.05) is 17.5 Å². The van der Waals surface area contributed by atoms with Crippen molar-refractivity contribution >= 4 is 33.0 Å². The minimum atomic E-state index is -3.42. The molecule has 24 heavy (non-hydrogen) atoms.